The van der Waals surface area contributed by atoms with Gasteiger partial charge in [-0.05, 0) is 56.1 Å². The van der Waals surface area contributed by atoms with Gasteiger partial charge in [0.2, 0.25) is 5.69 Å². The molecular weight excluding hydrogens is 358 g/mol. The van der Waals surface area contributed by atoms with Crippen molar-refractivity contribution in [2.75, 3.05) is 24.0 Å². The summed E-state index contributed by atoms with van der Waals surface area (Å²) in [4.78, 5) is 13.4. The molecule has 2 heterocycles. The van der Waals surface area contributed by atoms with E-state index in [4.69, 9.17) is 4.79 Å². The van der Waals surface area contributed by atoms with E-state index < -0.39 is 0 Å². The van der Waals surface area contributed by atoms with Crippen LogP contribution in [0.3, 0.4) is 0 Å². The highest BCUT2D eigenvalue weighted by molar-refractivity contribution is 5.70. The average Bonchev–Trinajstić information content (AvgIpc) is 3.38. The van der Waals surface area contributed by atoms with Gasteiger partial charge in [0.25, 0.3) is 0 Å². The molecule has 2 aliphatic rings. The monoisotopic (exact) mass is 384 g/mol. The number of benzene rings is 1. The number of aryl methyl sites for hydroxylation is 1. The number of nitrogens with zero attached hydrogens (tertiary/aromatic N) is 3. The number of aldehydes is 1. The zero-order valence-corrected chi connectivity index (χ0v) is 16.0. The Labute approximate surface area is 163 Å². The zero-order valence-electron chi connectivity index (χ0n) is 16.0. The van der Waals surface area contributed by atoms with E-state index >= 15 is 0 Å². The molecule has 2 aromatic rings. The highest BCUT2D eigenvalue weighted by atomic mass is 16.5. The van der Waals surface area contributed by atoms with Crippen molar-refractivity contribution in [3.63, 3.8) is 0 Å². The molecule has 0 fully saturated rings. The van der Waals surface area contributed by atoms with Crippen LogP contribution >= 0.6 is 0 Å². The number of anilines is 3. The lowest BCUT2D eigenvalue weighted by Gasteiger charge is -2.15. The van der Waals surface area contributed by atoms with Crippen LogP contribution in [0.5, 0.6) is 0 Å². The fourth-order valence-corrected chi connectivity index (χ4v) is 3.34. The lowest BCUT2D eigenvalue weighted by molar-refractivity contribution is -0.825. The van der Waals surface area contributed by atoms with Crippen molar-refractivity contribution in [3.05, 3.63) is 41.5 Å². The number of hydrogen-bond donors (Lipinski definition) is 5. The minimum atomic E-state index is 0.436. The Morgan fingerprint density at radius 3 is 2.86 bits per heavy atom. The quantitative estimate of drug-likeness (QED) is 0.387. The molecular formula is C19H26N7O2+. The van der Waals surface area contributed by atoms with Crippen molar-refractivity contribution in [2.45, 2.75) is 25.8 Å². The number of hydrogen-bond acceptors (Lipinski definition) is 8. The predicted octanol–water partition coefficient (Wildman–Crippen LogP) is 1.13. The maximum absolute atomic E-state index is 9.50. The minimum Gasteiger partial charge on any atom is -0.335 e. The van der Waals surface area contributed by atoms with E-state index in [0.29, 0.717) is 29.9 Å². The highest BCUT2D eigenvalue weighted by Crippen LogP contribution is 2.33. The molecule has 6 N–H and O–H groups in total. The van der Waals surface area contributed by atoms with Gasteiger partial charge in [-0.15, -0.1) is 0 Å². The molecule has 1 aliphatic carbocycles. The zero-order chi connectivity index (χ0) is 19.9. The first-order valence-corrected chi connectivity index (χ1v) is 9.21. The maximum atomic E-state index is 9.50. The fraction of sp³-hybridized carbons (Fsp3) is 0.316. The maximum Gasteiger partial charge on any atom is 0.205 e. The fourth-order valence-electron chi connectivity index (χ4n) is 3.34. The summed E-state index contributed by atoms with van der Waals surface area (Å²) < 4.78 is 0. The number of fused-ring (bicyclic) bond motifs is 1. The molecule has 4 rings (SSSR count). The first kappa shape index (κ1) is 19.9. The Bertz CT molecular complexity index is 856. The van der Waals surface area contributed by atoms with E-state index in [-0.39, 0.29) is 0 Å². The third-order valence-electron chi connectivity index (χ3n) is 4.63. The number of carbonyl (C=O) groups excluding carboxylic acids is 1. The van der Waals surface area contributed by atoms with Gasteiger partial charge in [-0.2, -0.15) is 15.7 Å². The number of nitrogens with one attached hydrogen (secondary N) is 3. The Morgan fingerprint density at radius 1 is 1.36 bits per heavy atom. The number of rotatable bonds is 5. The second kappa shape index (κ2) is 9.38. The lowest BCUT2D eigenvalue weighted by Crippen LogP contribution is -2.74. The Kier molecular flexibility index (Phi) is 6.66. The number of carbonyl (C=O) groups is 1. The van der Waals surface area contributed by atoms with Crippen LogP contribution < -0.4 is 26.7 Å². The molecule has 9 nitrogen and oxygen atoms in total. The molecule has 0 radical (unpaired) electrons. The van der Waals surface area contributed by atoms with Gasteiger partial charge in [-0.25, -0.2) is 15.6 Å². The van der Waals surface area contributed by atoms with Gasteiger partial charge in [-0.1, -0.05) is 6.07 Å². The van der Waals surface area contributed by atoms with Gasteiger partial charge in [0.15, 0.2) is 11.6 Å². The van der Waals surface area contributed by atoms with Crippen molar-refractivity contribution in [1.82, 2.24) is 15.7 Å². The molecule has 1 aliphatic heterocycles. The van der Waals surface area contributed by atoms with Crippen LogP contribution in [0.4, 0.5) is 23.0 Å². The third kappa shape index (κ3) is 4.34. The predicted molar refractivity (Wildman–Crippen MR) is 108 cm³/mol. The largest absolute Gasteiger partial charge is 0.335 e. The second-order valence-corrected chi connectivity index (χ2v) is 6.36. The van der Waals surface area contributed by atoms with Gasteiger partial charge in [0, 0.05) is 24.0 Å². The van der Waals surface area contributed by atoms with Crippen molar-refractivity contribution >= 4 is 35.5 Å². The van der Waals surface area contributed by atoms with E-state index in [2.05, 4.69) is 44.3 Å². The summed E-state index contributed by atoms with van der Waals surface area (Å²) >= 11 is 0. The van der Waals surface area contributed by atoms with Crippen LogP contribution in [0.25, 0.3) is 0 Å². The summed E-state index contributed by atoms with van der Waals surface area (Å²) in [5.41, 5.74) is 8.44. The topological polar surface area (TPSA) is 118 Å². The van der Waals surface area contributed by atoms with Crippen molar-refractivity contribution in [3.8, 4) is 0 Å². The van der Waals surface area contributed by atoms with Crippen LogP contribution in [-0.2, 0) is 11.2 Å². The third-order valence-corrected chi connectivity index (χ3v) is 4.63. The van der Waals surface area contributed by atoms with Crippen LogP contribution in [0.1, 0.15) is 30.5 Å². The first-order valence-electron chi connectivity index (χ1n) is 9.21. The molecule has 28 heavy (non-hydrogen) atoms. The number of quaternary nitrogens is 1. The van der Waals surface area contributed by atoms with Crippen LogP contribution in [-0.4, -0.2) is 36.3 Å². The summed E-state index contributed by atoms with van der Waals surface area (Å²) in [5.74, 6) is 1.25. The number of aromatic nitrogens is 1. The first-order chi connectivity index (χ1) is 13.7. The van der Waals surface area contributed by atoms with E-state index in [1.54, 1.807) is 11.3 Å². The number of hydrazine groups is 1. The molecule has 1 aromatic carbocycles. The molecule has 9 heteroatoms. The Morgan fingerprint density at radius 2 is 2.18 bits per heavy atom. The molecule has 1 unspecified atom stereocenters. The van der Waals surface area contributed by atoms with Crippen LogP contribution in [0.15, 0.2) is 35.4 Å². The van der Waals surface area contributed by atoms with Crippen molar-refractivity contribution < 1.29 is 15.5 Å². The smallest absolute Gasteiger partial charge is 0.205 e. The molecule has 1 atom stereocenters. The summed E-state index contributed by atoms with van der Waals surface area (Å²) in [6, 6.07) is 10.4. The van der Waals surface area contributed by atoms with Gasteiger partial charge in [0.05, 0.1) is 6.54 Å². The van der Waals surface area contributed by atoms with E-state index in [1.165, 1.54) is 18.1 Å². The molecule has 0 saturated carbocycles. The molecule has 1 aromatic heterocycles. The Hall–Kier alpha value is -2.85. The number of nitrogens with two attached hydrogens (primary N) is 1. The summed E-state index contributed by atoms with van der Waals surface area (Å²) in [7, 11) is 2.00. The summed E-state index contributed by atoms with van der Waals surface area (Å²) in [6.07, 6.45) is 4.71. The highest BCUT2D eigenvalue weighted by Gasteiger charge is 2.21. The minimum absolute atomic E-state index is 0.436. The molecule has 0 spiro atoms. The van der Waals surface area contributed by atoms with Crippen LogP contribution in [0, 0.1) is 0 Å². The molecule has 0 bridgehead atoms. The van der Waals surface area contributed by atoms with E-state index in [0.717, 1.165) is 30.3 Å². The SMILES string of the molecule is CC=O.CNC1CCc2cc(Nc3nc(N4N=CCN4)ccc3[NH2+]O)ccc21. The van der Waals surface area contributed by atoms with E-state index in [9.17, 15) is 5.21 Å². The molecule has 0 amide bonds. The number of hydrazone groups is 1. The molecule has 148 valence electrons. The summed E-state index contributed by atoms with van der Waals surface area (Å²) in [5, 5.41) is 22.0. The standard InChI is InChI=1S/C17H21N7O.C2H4O/c1-18-14-5-2-11-10-12(3-4-13(11)14)21-17-15(23-25)6-7-16(22-17)24-19-8-9-20-24;1-2-3/h3-4,6-8,10,14,18,20,23,25H,2,5,9H2,1H3,(H,21,22);2H,1H3/p+1. The van der Waals surface area contributed by atoms with Gasteiger partial charge >= 0.3 is 0 Å². The Balaban J connectivity index is 0.000000706. The van der Waals surface area contributed by atoms with Gasteiger partial charge < -0.3 is 15.4 Å². The van der Waals surface area contributed by atoms with Gasteiger partial charge in [0.1, 0.15) is 6.29 Å². The summed E-state index contributed by atoms with van der Waals surface area (Å²) in [6.45, 7) is 2.12. The normalized spacial score (nSPS) is 17.1. The van der Waals surface area contributed by atoms with Gasteiger partial charge in [-0.3, -0.25) is 0 Å². The lowest BCUT2D eigenvalue weighted by atomic mass is 10.1. The van der Waals surface area contributed by atoms with Crippen molar-refractivity contribution in [1.29, 1.82) is 0 Å². The average molecular weight is 384 g/mol. The van der Waals surface area contributed by atoms with Crippen molar-refractivity contribution in [2.24, 2.45) is 5.10 Å². The second-order valence-electron chi connectivity index (χ2n) is 6.36. The molecule has 0 saturated heterocycles. The van der Waals surface area contributed by atoms with E-state index in [1.807, 2.05) is 19.2 Å². The number of pyridine rings is 1. The van der Waals surface area contributed by atoms with Crippen LogP contribution in [0.2, 0.25) is 0 Å².